The summed E-state index contributed by atoms with van der Waals surface area (Å²) in [5, 5.41) is 0. The van der Waals surface area contributed by atoms with E-state index in [9.17, 15) is 9.59 Å². The van der Waals surface area contributed by atoms with Gasteiger partial charge in [-0.3, -0.25) is 9.59 Å². The Labute approximate surface area is 165 Å². The summed E-state index contributed by atoms with van der Waals surface area (Å²) in [5.74, 6) is 1.10. The average Bonchev–Trinajstić information content (AvgIpc) is 2.64. The van der Waals surface area contributed by atoms with E-state index >= 15 is 0 Å². The number of fused-ring (bicyclic) bond motifs is 2. The second-order valence-corrected chi connectivity index (χ2v) is 9.24. The van der Waals surface area contributed by atoms with E-state index in [1.807, 2.05) is 13.8 Å². The monoisotopic (exact) mass is 380 g/mol. The SMILES string of the molecule is CCCCCCC(CC1CCC2CC1C2(C)C)(C(=O)OCC)C(=O)OCC. The van der Waals surface area contributed by atoms with E-state index in [2.05, 4.69) is 20.8 Å². The van der Waals surface area contributed by atoms with Crippen molar-refractivity contribution in [2.24, 2.45) is 28.6 Å². The lowest BCUT2D eigenvalue weighted by Crippen LogP contribution is -2.54. The van der Waals surface area contributed by atoms with Gasteiger partial charge in [-0.2, -0.15) is 0 Å². The van der Waals surface area contributed by atoms with Crippen molar-refractivity contribution in [1.82, 2.24) is 0 Å². The van der Waals surface area contributed by atoms with Crippen LogP contribution in [0.3, 0.4) is 0 Å². The van der Waals surface area contributed by atoms with Gasteiger partial charge in [0.25, 0.3) is 0 Å². The molecule has 27 heavy (non-hydrogen) atoms. The lowest BCUT2D eigenvalue weighted by Gasteiger charge is -2.61. The molecule has 3 rings (SSSR count). The molecule has 4 heteroatoms. The highest BCUT2D eigenvalue weighted by atomic mass is 16.6. The van der Waals surface area contributed by atoms with Crippen molar-refractivity contribution in [2.45, 2.75) is 92.4 Å². The van der Waals surface area contributed by atoms with Crippen molar-refractivity contribution < 1.29 is 19.1 Å². The molecule has 0 saturated heterocycles. The molecule has 3 saturated carbocycles. The van der Waals surface area contributed by atoms with E-state index in [0.717, 1.165) is 38.0 Å². The van der Waals surface area contributed by atoms with E-state index in [4.69, 9.17) is 9.47 Å². The summed E-state index contributed by atoms with van der Waals surface area (Å²) >= 11 is 0. The Morgan fingerprint density at radius 1 is 0.963 bits per heavy atom. The quantitative estimate of drug-likeness (QED) is 0.268. The summed E-state index contributed by atoms with van der Waals surface area (Å²) in [6, 6.07) is 0. The molecule has 3 aliphatic rings. The highest BCUT2D eigenvalue weighted by molar-refractivity contribution is 6.00. The van der Waals surface area contributed by atoms with Crippen molar-refractivity contribution in [1.29, 1.82) is 0 Å². The van der Waals surface area contributed by atoms with Gasteiger partial charge in [0, 0.05) is 0 Å². The molecule has 0 spiro atoms. The zero-order valence-electron chi connectivity index (χ0n) is 18.1. The van der Waals surface area contributed by atoms with Gasteiger partial charge in [0.05, 0.1) is 13.2 Å². The van der Waals surface area contributed by atoms with Crippen molar-refractivity contribution in [3.63, 3.8) is 0 Å². The molecule has 0 radical (unpaired) electrons. The fourth-order valence-corrected chi connectivity index (χ4v) is 5.60. The van der Waals surface area contributed by atoms with E-state index in [1.54, 1.807) is 0 Å². The summed E-state index contributed by atoms with van der Waals surface area (Å²) in [4.78, 5) is 26.2. The van der Waals surface area contributed by atoms with Gasteiger partial charge < -0.3 is 9.47 Å². The first kappa shape index (κ1) is 22.2. The molecule has 0 N–H and O–H groups in total. The molecule has 3 aliphatic carbocycles. The largest absolute Gasteiger partial charge is 0.465 e. The minimum atomic E-state index is -1.12. The fraction of sp³-hybridized carbons (Fsp3) is 0.913. The van der Waals surface area contributed by atoms with E-state index < -0.39 is 5.41 Å². The number of esters is 2. The van der Waals surface area contributed by atoms with Crippen molar-refractivity contribution in [2.75, 3.05) is 13.2 Å². The van der Waals surface area contributed by atoms with Gasteiger partial charge in [0.15, 0.2) is 5.41 Å². The number of rotatable bonds is 11. The topological polar surface area (TPSA) is 52.6 Å². The van der Waals surface area contributed by atoms with Crippen LogP contribution in [0.15, 0.2) is 0 Å². The highest BCUT2D eigenvalue weighted by Gasteiger charge is 2.58. The van der Waals surface area contributed by atoms with Gasteiger partial charge >= 0.3 is 11.9 Å². The maximum absolute atomic E-state index is 13.1. The molecule has 0 heterocycles. The first-order valence-electron chi connectivity index (χ1n) is 11.2. The Morgan fingerprint density at radius 3 is 2.07 bits per heavy atom. The summed E-state index contributed by atoms with van der Waals surface area (Å²) < 4.78 is 10.9. The maximum atomic E-state index is 13.1. The van der Waals surface area contributed by atoms with Crippen LogP contribution in [0.25, 0.3) is 0 Å². The number of ether oxygens (including phenoxy) is 2. The van der Waals surface area contributed by atoms with Crippen LogP contribution in [0.1, 0.15) is 92.4 Å². The Hall–Kier alpha value is -1.06. The molecule has 0 amide bonds. The van der Waals surface area contributed by atoms with Gasteiger partial charge in [-0.1, -0.05) is 46.5 Å². The number of hydrogen-bond acceptors (Lipinski definition) is 4. The lowest BCUT2D eigenvalue weighted by atomic mass is 9.44. The number of hydrogen-bond donors (Lipinski definition) is 0. The predicted octanol–water partition coefficient (Wildman–Crippen LogP) is 5.53. The van der Waals surface area contributed by atoms with Crippen LogP contribution in [-0.2, 0) is 19.1 Å². The highest BCUT2D eigenvalue weighted by Crippen LogP contribution is 2.63. The zero-order valence-corrected chi connectivity index (χ0v) is 18.1. The van der Waals surface area contributed by atoms with Crippen LogP contribution in [0.5, 0.6) is 0 Å². The predicted molar refractivity (Wildman–Crippen MR) is 107 cm³/mol. The van der Waals surface area contributed by atoms with Gasteiger partial charge in [0.2, 0.25) is 0 Å². The number of carbonyl (C=O) groups excluding carboxylic acids is 2. The van der Waals surface area contributed by atoms with Gasteiger partial charge in [-0.15, -0.1) is 0 Å². The Kier molecular flexibility index (Phi) is 7.76. The Balaban J connectivity index is 2.24. The van der Waals surface area contributed by atoms with Crippen LogP contribution in [0, 0.1) is 28.6 Å². The first-order chi connectivity index (χ1) is 12.8. The van der Waals surface area contributed by atoms with Gasteiger partial charge in [-0.25, -0.2) is 0 Å². The second kappa shape index (κ2) is 9.43. The molecule has 0 aromatic heterocycles. The molecule has 3 fully saturated rings. The minimum absolute atomic E-state index is 0.302. The van der Waals surface area contributed by atoms with Crippen molar-refractivity contribution in [3.05, 3.63) is 0 Å². The molecule has 3 atom stereocenters. The van der Waals surface area contributed by atoms with E-state index in [0.29, 0.717) is 43.3 Å². The third-order valence-electron chi connectivity index (χ3n) is 7.40. The molecule has 3 unspecified atom stereocenters. The standard InChI is InChI=1S/C23H40O4/c1-6-9-10-11-14-23(20(24)26-7-2,21(25)27-8-3)16-17-12-13-18-15-19(17)22(18,4)5/h17-19H,6-16H2,1-5H3. The van der Waals surface area contributed by atoms with E-state index in [1.165, 1.54) is 12.8 Å². The van der Waals surface area contributed by atoms with Crippen molar-refractivity contribution in [3.8, 4) is 0 Å². The zero-order chi connectivity index (χ0) is 20.1. The summed E-state index contributed by atoms with van der Waals surface area (Å²) in [5.41, 5.74) is -0.789. The molecule has 156 valence electrons. The van der Waals surface area contributed by atoms with Crippen LogP contribution in [0.2, 0.25) is 0 Å². The van der Waals surface area contributed by atoms with Crippen molar-refractivity contribution >= 4 is 11.9 Å². The van der Waals surface area contributed by atoms with Crippen LogP contribution in [0.4, 0.5) is 0 Å². The molecular weight excluding hydrogens is 340 g/mol. The molecule has 2 bridgehead atoms. The third kappa shape index (κ3) is 4.51. The lowest BCUT2D eigenvalue weighted by molar-refractivity contribution is -0.179. The van der Waals surface area contributed by atoms with Crippen LogP contribution >= 0.6 is 0 Å². The van der Waals surface area contributed by atoms with E-state index in [-0.39, 0.29) is 11.9 Å². The summed E-state index contributed by atoms with van der Waals surface area (Å²) in [7, 11) is 0. The Morgan fingerprint density at radius 2 is 1.59 bits per heavy atom. The van der Waals surface area contributed by atoms with Gasteiger partial charge in [0.1, 0.15) is 0 Å². The number of carbonyl (C=O) groups is 2. The molecule has 0 aliphatic heterocycles. The minimum Gasteiger partial charge on any atom is -0.465 e. The average molecular weight is 381 g/mol. The molecular formula is C23H40O4. The molecule has 0 aromatic rings. The Bertz CT molecular complexity index is 491. The summed E-state index contributed by atoms with van der Waals surface area (Å²) in [6.07, 6.45) is 8.90. The smallest absolute Gasteiger partial charge is 0.323 e. The van der Waals surface area contributed by atoms with Gasteiger partial charge in [-0.05, 0) is 69.1 Å². The number of unbranched alkanes of at least 4 members (excludes halogenated alkanes) is 3. The maximum Gasteiger partial charge on any atom is 0.323 e. The third-order valence-corrected chi connectivity index (χ3v) is 7.40. The van der Waals surface area contributed by atoms with Crippen LogP contribution in [-0.4, -0.2) is 25.2 Å². The first-order valence-corrected chi connectivity index (χ1v) is 11.2. The normalized spacial score (nSPS) is 26.2. The molecule has 0 aromatic carbocycles. The summed E-state index contributed by atoms with van der Waals surface area (Å²) in [6.45, 7) is 11.1. The molecule has 4 nitrogen and oxygen atoms in total. The fourth-order valence-electron chi connectivity index (χ4n) is 5.60. The van der Waals surface area contributed by atoms with Crippen LogP contribution < -0.4 is 0 Å². The second-order valence-electron chi connectivity index (χ2n) is 9.24.